The summed E-state index contributed by atoms with van der Waals surface area (Å²) in [5.41, 5.74) is 0.652. The molecule has 0 aliphatic carbocycles. The molecule has 1 atom stereocenters. The minimum Gasteiger partial charge on any atom is -0.367 e. The summed E-state index contributed by atoms with van der Waals surface area (Å²) >= 11 is 0. The molecule has 0 aliphatic heterocycles. The van der Waals surface area contributed by atoms with Gasteiger partial charge in [-0.3, -0.25) is 0 Å². The van der Waals surface area contributed by atoms with Gasteiger partial charge in [0.2, 0.25) is 0 Å². The van der Waals surface area contributed by atoms with Crippen molar-refractivity contribution < 1.29 is 0 Å². The highest BCUT2D eigenvalue weighted by Gasteiger charge is 2.05. The Morgan fingerprint density at radius 3 is 2.93 bits per heavy atom. The Labute approximate surface area is 91.1 Å². The smallest absolute Gasteiger partial charge is 0.127 e. The van der Waals surface area contributed by atoms with E-state index in [-0.39, 0.29) is 0 Å². The lowest BCUT2D eigenvalue weighted by atomic mass is 10.1. The van der Waals surface area contributed by atoms with Crippen LogP contribution in [0, 0.1) is 11.3 Å². The fourth-order valence-corrected chi connectivity index (χ4v) is 1.51. The van der Waals surface area contributed by atoms with Gasteiger partial charge in [-0.1, -0.05) is 20.3 Å². The Morgan fingerprint density at radius 1 is 1.53 bits per heavy atom. The molecule has 1 aromatic rings. The van der Waals surface area contributed by atoms with Crippen molar-refractivity contribution >= 4 is 5.82 Å². The number of pyridine rings is 1. The Morgan fingerprint density at radius 2 is 2.33 bits per heavy atom. The van der Waals surface area contributed by atoms with E-state index in [1.54, 1.807) is 18.3 Å². The number of rotatable bonds is 5. The second-order valence-electron chi connectivity index (χ2n) is 3.58. The topological polar surface area (TPSA) is 48.7 Å². The van der Waals surface area contributed by atoms with Crippen molar-refractivity contribution in [3.8, 4) is 6.07 Å². The maximum atomic E-state index is 8.75. The molecular weight excluding hydrogens is 186 g/mol. The predicted octanol–water partition coefficient (Wildman–Crippen LogP) is 2.94. The van der Waals surface area contributed by atoms with Gasteiger partial charge in [0, 0.05) is 12.2 Å². The Hall–Kier alpha value is -1.56. The van der Waals surface area contributed by atoms with Crippen LogP contribution in [0.25, 0.3) is 0 Å². The van der Waals surface area contributed by atoms with Crippen molar-refractivity contribution in [2.45, 2.75) is 39.2 Å². The van der Waals surface area contributed by atoms with Crippen LogP contribution in [0.1, 0.15) is 38.7 Å². The van der Waals surface area contributed by atoms with Crippen LogP contribution in [-0.4, -0.2) is 11.0 Å². The van der Waals surface area contributed by atoms with Crippen LogP contribution in [0.4, 0.5) is 5.82 Å². The minimum absolute atomic E-state index is 0.455. The summed E-state index contributed by atoms with van der Waals surface area (Å²) in [6, 6.07) is 6.07. The summed E-state index contributed by atoms with van der Waals surface area (Å²) in [7, 11) is 0. The largest absolute Gasteiger partial charge is 0.367 e. The van der Waals surface area contributed by atoms with Crippen molar-refractivity contribution in [3.05, 3.63) is 23.9 Å². The van der Waals surface area contributed by atoms with E-state index in [1.165, 1.54) is 0 Å². The maximum absolute atomic E-state index is 8.75. The highest BCUT2D eigenvalue weighted by Crippen LogP contribution is 2.11. The van der Waals surface area contributed by atoms with E-state index in [1.807, 2.05) is 0 Å². The summed E-state index contributed by atoms with van der Waals surface area (Å²) in [5.74, 6) is 0.800. The van der Waals surface area contributed by atoms with Crippen LogP contribution < -0.4 is 5.32 Å². The Balaban J connectivity index is 2.66. The second kappa shape index (κ2) is 6.02. The van der Waals surface area contributed by atoms with Crippen molar-refractivity contribution in [2.24, 2.45) is 0 Å². The van der Waals surface area contributed by atoms with Crippen LogP contribution in [0.2, 0.25) is 0 Å². The average Bonchev–Trinajstić information content (AvgIpc) is 2.29. The Kier molecular flexibility index (Phi) is 4.62. The first-order valence-corrected chi connectivity index (χ1v) is 5.42. The molecule has 15 heavy (non-hydrogen) atoms. The van der Waals surface area contributed by atoms with Crippen molar-refractivity contribution in [3.63, 3.8) is 0 Å². The van der Waals surface area contributed by atoms with E-state index in [0.29, 0.717) is 11.6 Å². The summed E-state index contributed by atoms with van der Waals surface area (Å²) in [5, 5.41) is 12.1. The van der Waals surface area contributed by atoms with Gasteiger partial charge < -0.3 is 5.32 Å². The normalized spacial score (nSPS) is 11.8. The highest BCUT2D eigenvalue weighted by atomic mass is 15.0. The number of aromatic nitrogens is 1. The van der Waals surface area contributed by atoms with E-state index in [0.717, 1.165) is 25.1 Å². The zero-order valence-electron chi connectivity index (χ0n) is 9.33. The third-order valence-corrected chi connectivity index (χ3v) is 2.37. The molecule has 3 heteroatoms. The SMILES string of the molecule is CCCC(CC)Nc1cc(C#N)ccn1. The molecule has 1 rings (SSSR count). The van der Waals surface area contributed by atoms with Gasteiger partial charge in [0.1, 0.15) is 5.82 Å². The quantitative estimate of drug-likeness (QED) is 0.800. The molecule has 0 aliphatic rings. The predicted molar refractivity (Wildman–Crippen MR) is 61.6 cm³/mol. The lowest BCUT2D eigenvalue weighted by molar-refractivity contribution is 0.620. The lowest BCUT2D eigenvalue weighted by Crippen LogP contribution is -2.18. The zero-order chi connectivity index (χ0) is 11.1. The standard InChI is InChI=1S/C12H17N3/c1-3-5-11(4-2)15-12-8-10(9-13)6-7-14-12/h6-8,11H,3-5H2,1-2H3,(H,14,15). The summed E-state index contributed by atoms with van der Waals surface area (Å²) in [6.45, 7) is 4.32. The molecule has 1 aromatic heterocycles. The molecule has 0 saturated carbocycles. The number of nitrogens with one attached hydrogen (secondary N) is 1. The molecule has 1 N–H and O–H groups in total. The molecule has 0 spiro atoms. The number of hydrogen-bond donors (Lipinski definition) is 1. The second-order valence-corrected chi connectivity index (χ2v) is 3.58. The molecule has 0 aromatic carbocycles. The highest BCUT2D eigenvalue weighted by molar-refractivity contribution is 5.42. The van der Waals surface area contributed by atoms with Gasteiger partial charge >= 0.3 is 0 Å². The molecule has 3 nitrogen and oxygen atoms in total. The fraction of sp³-hybridized carbons (Fsp3) is 0.500. The molecule has 80 valence electrons. The molecule has 0 fully saturated rings. The van der Waals surface area contributed by atoms with Crippen LogP contribution in [-0.2, 0) is 0 Å². The summed E-state index contributed by atoms with van der Waals surface area (Å²) in [6.07, 6.45) is 5.03. The van der Waals surface area contributed by atoms with Crippen molar-refractivity contribution in [1.29, 1.82) is 5.26 Å². The van der Waals surface area contributed by atoms with Gasteiger partial charge in [0.25, 0.3) is 0 Å². The molecular formula is C12H17N3. The fourth-order valence-electron chi connectivity index (χ4n) is 1.51. The van der Waals surface area contributed by atoms with Gasteiger partial charge in [0.05, 0.1) is 11.6 Å². The van der Waals surface area contributed by atoms with Gasteiger partial charge in [-0.15, -0.1) is 0 Å². The first-order valence-electron chi connectivity index (χ1n) is 5.42. The van der Waals surface area contributed by atoms with E-state index in [4.69, 9.17) is 5.26 Å². The van der Waals surface area contributed by atoms with Crippen LogP contribution in [0.5, 0.6) is 0 Å². The maximum Gasteiger partial charge on any atom is 0.127 e. The lowest BCUT2D eigenvalue weighted by Gasteiger charge is -2.16. The number of anilines is 1. The molecule has 0 radical (unpaired) electrons. The van der Waals surface area contributed by atoms with Gasteiger partial charge in [0.15, 0.2) is 0 Å². The molecule has 1 heterocycles. The number of hydrogen-bond acceptors (Lipinski definition) is 3. The van der Waals surface area contributed by atoms with Crippen LogP contribution in [0.3, 0.4) is 0 Å². The Bertz CT molecular complexity index is 341. The molecule has 0 amide bonds. The summed E-state index contributed by atoms with van der Waals surface area (Å²) in [4.78, 5) is 4.20. The van der Waals surface area contributed by atoms with Crippen molar-refractivity contribution in [2.75, 3.05) is 5.32 Å². The van der Waals surface area contributed by atoms with Gasteiger partial charge in [-0.2, -0.15) is 5.26 Å². The average molecular weight is 203 g/mol. The first-order chi connectivity index (χ1) is 7.30. The minimum atomic E-state index is 0.455. The van der Waals surface area contributed by atoms with Crippen LogP contribution in [0.15, 0.2) is 18.3 Å². The van der Waals surface area contributed by atoms with E-state index >= 15 is 0 Å². The molecule has 0 bridgehead atoms. The van der Waals surface area contributed by atoms with Gasteiger partial charge in [-0.05, 0) is 25.0 Å². The van der Waals surface area contributed by atoms with Gasteiger partial charge in [-0.25, -0.2) is 4.98 Å². The first kappa shape index (κ1) is 11.5. The van der Waals surface area contributed by atoms with E-state index in [2.05, 4.69) is 30.2 Å². The van der Waals surface area contributed by atoms with E-state index in [9.17, 15) is 0 Å². The third kappa shape index (κ3) is 3.59. The monoisotopic (exact) mass is 203 g/mol. The summed E-state index contributed by atoms with van der Waals surface area (Å²) < 4.78 is 0. The number of nitrogens with zero attached hydrogens (tertiary/aromatic N) is 2. The van der Waals surface area contributed by atoms with E-state index < -0.39 is 0 Å². The molecule has 0 saturated heterocycles. The molecule has 1 unspecified atom stereocenters. The van der Waals surface area contributed by atoms with Crippen molar-refractivity contribution in [1.82, 2.24) is 4.98 Å². The van der Waals surface area contributed by atoms with Crippen LogP contribution >= 0.6 is 0 Å². The third-order valence-electron chi connectivity index (χ3n) is 2.37. The number of nitriles is 1. The zero-order valence-corrected chi connectivity index (χ0v) is 9.33.